The van der Waals surface area contributed by atoms with Crippen molar-refractivity contribution in [2.75, 3.05) is 6.54 Å². The van der Waals surface area contributed by atoms with Gasteiger partial charge in [-0.25, -0.2) is 9.18 Å². The fraction of sp³-hybridized carbons (Fsp3) is 0.345. The summed E-state index contributed by atoms with van der Waals surface area (Å²) in [5, 5.41) is 4.82. The Morgan fingerprint density at radius 2 is 1.69 bits per heavy atom. The van der Waals surface area contributed by atoms with Crippen molar-refractivity contribution in [2.24, 2.45) is 0 Å². The monoisotopic (exact) mass is 487 g/mol. The molecule has 5 rings (SSSR count). The second-order valence-corrected chi connectivity index (χ2v) is 9.95. The normalized spacial score (nSPS) is 20.6. The van der Waals surface area contributed by atoms with Crippen LogP contribution in [0.4, 0.5) is 9.18 Å². The van der Waals surface area contributed by atoms with Crippen LogP contribution in [0.5, 0.6) is 0 Å². The molecule has 4 amide bonds. The zero-order valence-electron chi connectivity index (χ0n) is 20.4. The highest BCUT2D eigenvalue weighted by Crippen LogP contribution is 2.32. The van der Waals surface area contributed by atoms with Crippen molar-refractivity contribution in [3.8, 4) is 0 Å². The van der Waals surface area contributed by atoms with E-state index in [0.29, 0.717) is 12.1 Å². The van der Waals surface area contributed by atoms with E-state index in [0.717, 1.165) is 53.3 Å². The van der Waals surface area contributed by atoms with E-state index in [1.54, 1.807) is 24.0 Å². The van der Waals surface area contributed by atoms with Gasteiger partial charge in [0.25, 0.3) is 5.91 Å². The molecule has 7 heteroatoms. The van der Waals surface area contributed by atoms with Gasteiger partial charge in [0.2, 0.25) is 5.91 Å². The number of amides is 4. The van der Waals surface area contributed by atoms with E-state index in [2.05, 4.69) is 5.32 Å². The molecule has 0 radical (unpaired) electrons. The van der Waals surface area contributed by atoms with Gasteiger partial charge < -0.3 is 10.2 Å². The molecule has 6 nitrogen and oxygen atoms in total. The number of imide groups is 1. The first kappa shape index (κ1) is 24.0. The Morgan fingerprint density at radius 1 is 1.00 bits per heavy atom. The number of urea groups is 1. The summed E-state index contributed by atoms with van der Waals surface area (Å²) < 4.78 is 13.4. The van der Waals surface area contributed by atoms with Crippen molar-refractivity contribution in [3.05, 3.63) is 83.7 Å². The molecule has 1 saturated heterocycles. The Hall–Kier alpha value is -3.74. The maximum Gasteiger partial charge on any atom is 0.325 e. The summed E-state index contributed by atoms with van der Waals surface area (Å²) in [5.74, 6) is -1.06. The predicted molar refractivity (Wildman–Crippen MR) is 135 cm³/mol. The third-order valence-corrected chi connectivity index (χ3v) is 7.50. The average molecular weight is 488 g/mol. The van der Waals surface area contributed by atoms with Crippen LogP contribution in [0, 0.1) is 5.82 Å². The first-order chi connectivity index (χ1) is 17.3. The quantitative estimate of drug-likeness (QED) is 0.492. The lowest BCUT2D eigenvalue weighted by Crippen LogP contribution is -2.48. The fourth-order valence-corrected chi connectivity index (χ4v) is 5.36. The largest absolute Gasteiger partial charge is 0.334 e. The molecule has 186 valence electrons. The van der Waals surface area contributed by atoms with Crippen molar-refractivity contribution in [2.45, 2.75) is 57.2 Å². The van der Waals surface area contributed by atoms with Crippen LogP contribution in [0.25, 0.3) is 10.8 Å². The van der Waals surface area contributed by atoms with Crippen LogP contribution in [0.2, 0.25) is 0 Å². The number of nitrogens with one attached hydrogen (secondary N) is 1. The summed E-state index contributed by atoms with van der Waals surface area (Å²) in [5.41, 5.74) is 0.229. The predicted octanol–water partition coefficient (Wildman–Crippen LogP) is 5.11. The number of benzene rings is 3. The highest BCUT2D eigenvalue weighted by Gasteiger charge is 2.50. The van der Waals surface area contributed by atoms with E-state index < -0.39 is 17.5 Å². The number of carbonyl (C=O) groups is 3. The van der Waals surface area contributed by atoms with E-state index in [1.807, 2.05) is 42.5 Å². The first-order valence-electron chi connectivity index (χ1n) is 12.5. The van der Waals surface area contributed by atoms with Crippen LogP contribution in [-0.4, -0.2) is 40.2 Å². The zero-order valence-corrected chi connectivity index (χ0v) is 20.4. The van der Waals surface area contributed by atoms with Gasteiger partial charge in [0.15, 0.2) is 0 Å². The number of carbonyl (C=O) groups excluding carboxylic acids is 3. The molecule has 3 aromatic carbocycles. The third-order valence-electron chi connectivity index (χ3n) is 7.50. The molecular formula is C29H30FN3O3. The molecule has 1 N–H and O–H groups in total. The number of nitrogens with zero attached hydrogens (tertiary/aromatic N) is 2. The van der Waals surface area contributed by atoms with Gasteiger partial charge in [0.1, 0.15) is 17.9 Å². The van der Waals surface area contributed by atoms with Crippen molar-refractivity contribution in [1.82, 2.24) is 15.1 Å². The molecular weight excluding hydrogens is 457 g/mol. The SMILES string of the molecule is C[C@]1(c2ccc3ccccc3c2)NC(=O)N(CC(=O)N(Cc2ccc(F)cc2)C2CCCCC2)C1=O. The smallest absolute Gasteiger partial charge is 0.325 e. The maximum absolute atomic E-state index is 13.6. The highest BCUT2D eigenvalue weighted by atomic mass is 19.1. The molecule has 1 aliphatic heterocycles. The number of hydrogen-bond acceptors (Lipinski definition) is 3. The fourth-order valence-electron chi connectivity index (χ4n) is 5.36. The van der Waals surface area contributed by atoms with Crippen molar-refractivity contribution in [3.63, 3.8) is 0 Å². The van der Waals surface area contributed by atoms with Crippen LogP contribution >= 0.6 is 0 Å². The molecule has 36 heavy (non-hydrogen) atoms. The molecule has 1 saturated carbocycles. The molecule has 2 aliphatic rings. The zero-order chi connectivity index (χ0) is 25.3. The van der Waals surface area contributed by atoms with E-state index in [-0.39, 0.29) is 24.3 Å². The number of rotatable bonds is 6. The number of hydrogen-bond donors (Lipinski definition) is 1. The lowest BCUT2D eigenvalue weighted by molar-refractivity contribution is -0.141. The van der Waals surface area contributed by atoms with Crippen LogP contribution in [0.15, 0.2) is 66.7 Å². The van der Waals surface area contributed by atoms with Gasteiger partial charge >= 0.3 is 6.03 Å². The summed E-state index contributed by atoms with van der Waals surface area (Å²) in [4.78, 5) is 42.8. The van der Waals surface area contributed by atoms with E-state index in [1.165, 1.54) is 12.1 Å². The van der Waals surface area contributed by atoms with Crippen LogP contribution in [0.1, 0.15) is 50.2 Å². The number of fused-ring (bicyclic) bond motifs is 1. The topological polar surface area (TPSA) is 69.7 Å². The first-order valence-corrected chi connectivity index (χ1v) is 12.5. The average Bonchev–Trinajstić information content (AvgIpc) is 3.12. The molecule has 0 bridgehead atoms. The van der Waals surface area contributed by atoms with E-state index in [9.17, 15) is 18.8 Å². The van der Waals surface area contributed by atoms with Gasteiger partial charge in [0.05, 0.1) is 0 Å². The molecule has 0 spiro atoms. The molecule has 3 aromatic rings. The summed E-state index contributed by atoms with van der Waals surface area (Å²) in [7, 11) is 0. The second kappa shape index (κ2) is 9.72. The summed E-state index contributed by atoms with van der Waals surface area (Å²) in [6.45, 7) is 1.67. The summed E-state index contributed by atoms with van der Waals surface area (Å²) in [6, 6.07) is 19.1. The highest BCUT2D eigenvalue weighted by molar-refractivity contribution is 6.09. The van der Waals surface area contributed by atoms with Crippen molar-refractivity contribution < 1.29 is 18.8 Å². The standard InChI is InChI=1S/C29H30FN3O3/c1-29(23-14-13-21-7-5-6-8-22(21)17-23)27(35)33(28(36)31-29)19-26(34)32(25-9-3-2-4-10-25)18-20-11-15-24(30)16-12-20/h5-8,11-17,25H,2-4,9-10,18-19H2,1H3,(H,31,36)/t29-/m1/s1. The third kappa shape index (κ3) is 4.57. The van der Waals surface area contributed by atoms with Gasteiger partial charge in [-0.15, -0.1) is 0 Å². The Bertz CT molecular complexity index is 1300. The molecule has 0 unspecified atom stereocenters. The lowest BCUT2D eigenvalue weighted by Gasteiger charge is -2.35. The molecule has 1 aliphatic carbocycles. The Labute approximate surface area is 210 Å². The molecule has 0 aromatic heterocycles. The van der Waals surface area contributed by atoms with Gasteiger partial charge in [-0.3, -0.25) is 14.5 Å². The molecule has 1 atom stereocenters. The Kier molecular flexibility index (Phi) is 6.48. The summed E-state index contributed by atoms with van der Waals surface area (Å²) >= 11 is 0. The Morgan fingerprint density at radius 3 is 2.42 bits per heavy atom. The van der Waals surface area contributed by atoms with Crippen molar-refractivity contribution in [1.29, 1.82) is 0 Å². The van der Waals surface area contributed by atoms with Gasteiger partial charge in [-0.1, -0.05) is 67.8 Å². The Balaban J connectivity index is 1.37. The van der Waals surface area contributed by atoms with Crippen LogP contribution in [-0.2, 0) is 21.7 Å². The van der Waals surface area contributed by atoms with Gasteiger partial charge in [-0.2, -0.15) is 0 Å². The van der Waals surface area contributed by atoms with Gasteiger partial charge in [0, 0.05) is 12.6 Å². The van der Waals surface area contributed by atoms with Crippen LogP contribution in [0.3, 0.4) is 0 Å². The van der Waals surface area contributed by atoms with Crippen LogP contribution < -0.4 is 5.32 Å². The molecule has 1 heterocycles. The minimum atomic E-state index is -1.26. The van der Waals surface area contributed by atoms with Crippen molar-refractivity contribution >= 4 is 28.6 Å². The van der Waals surface area contributed by atoms with Gasteiger partial charge in [-0.05, 0) is 59.9 Å². The maximum atomic E-state index is 13.6. The summed E-state index contributed by atoms with van der Waals surface area (Å²) in [6.07, 6.45) is 4.94. The van der Waals surface area contributed by atoms with E-state index in [4.69, 9.17) is 0 Å². The minimum absolute atomic E-state index is 0.0314. The van der Waals surface area contributed by atoms with E-state index >= 15 is 0 Å². The molecule has 2 fully saturated rings. The number of halogens is 1. The second-order valence-electron chi connectivity index (χ2n) is 9.95. The lowest BCUT2D eigenvalue weighted by atomic mass is 9.90. The minimum Gasteiger partial charge on any atom is -0.334 e.